The second kappa shape index (κ2) is 4.80. The lowest BCUT2D eigenvalue weighted by Gasteiger charge is -2.07. The molecule has 0 amide bonds. The Bertz CT molecular complexity index is 722. The minimum absolute atomic E-state index is 0.00438. The molecule has 2 rings (SSSR count). The van der Waals surface area contributed by atoms with Gasteiger partial charge in [0.05, 0.1) is 16.8 Å². The number of fused-ring (bicyclic) bond motifs is 1. The van der Waals surface area contributed by atoms with Gasteiger partial charge in [0, 0.05) is 18.4 Å². The summed E-state index contributed by atoms with van der Waals surface area (Å²) in [5.41, 5.74) is 7.33. The van der Waals surface area contributed by atoms with E-state index in [0.29, 0.717) is 16.6 Å². The quantitative estimate of drug-likeness (QED) is 0.923. The molecule has 0 atom stereocenters. The van der Waals surface area contributed by atoms with E-state index >= 15 is 0 Å². The largest absolute Gasteiger partial charge is 0.369 e. The fourth-order valence-electron chi connectivity index (χ4n) is 1.88. The highest BCUT2D eigenvalue weighted by Gasteiger charge is 2.14. The Balaban J connectivity index is 2.43. The van der Waals surface area contributed by atoms with Crippen LogP contribution in [0.5, 0.6) is 0 Å². The number of aryl methyl sites for hydroxylation is 2. The van der Waals surface area contributed by atoms with E-state index in [9.17, 15) is 12.8 Å². The molecule has 0 aliphatic heterocycles. The van der Waals surface area contributed by atoms with Crippen molar-refractivity contribution in [2.45, 2.75) is 20.4 Å². The van der Waals surface area contributed by atoms with Gasteiger partial charge in [0.25, 0.3) is 0 Å². The molecular weight excluding hydrogens is 269 g/mol. The molecule has 0 fully saturated rings. The standard InChI is InChI=1S/C12H16FN3O2S/c1-3-19(17,18)5-4-16-11-6-8(2)9(13)7-10(11)15-12(16)14/h6-7H,3-5H2,1-2H3,(H2,14,15). The van der Waals surface area contributed by atoms with Gasteiger partial charge in [-0.05, 0) is 18.6 Å². The van der Waals surface area contributed by atoms with Crippen LogP contribution >= 0.6 is 0 Å². The lowest BCUT2D eigenvalue weighted by atomic mass is 10.2. The number of halogens is 1. The summed E-state index contributed by atoms with van der Waals surface area (Å²) in [6.07, 6.45) is 0. The normalized spacial score (nSPS) is 12.2. The van der Waals surface area contributed by atoms with Gasteiger partial charge in [-0.15, -0.1) is 0 Å². The number of anilines is 1. The van der Waals surface area contributed by atoms with Gasteiger partial charge in [0.1, 0.15) is 5.82 Å². The Morgan fingerprint density at radius 2 is 2.11 bits per heavy atom. The van der Waals surface area contributed by atoms with Crippen LogP contribution in [0.3, 0.4) is 0 Å². The number of nitrogen functional groups attached to an aromatic ring is 1. The number of aromatic nitrogens is 2. The smallest absolute Gasteiger partial charge is 0.201 e. The van der Waals surface area contributed by atoms with E-state index in [1.165, 1.54) is 6.07 Å². The monoisotopic (exact) mass is 285 g/mol. The Hall–Kier alpha value is -1.63. The summed E-state index contributed by atoms with van der Waals surface area (Å²) in [5.74, 6) is -0.0624. The maximum absolute atomic E-state index is 13.4. The fourth-order valence-corrected chi connectivity index (χ4v) is 2.63. The highest BCUT2D eigenvalue weighted by atomic mass is 32.2. The number of nitrogens with two attached hydrogens (primary N) is 1. The molecule has 5 nitrogen and oxygen atoms in total. The van der Waals surface area contributed by atoms with Gasteiger partial charge in [-0.1, -0.05) is 6.92 Å². The average Bonchev–Trinajstić information content (AvgIpc) is 2.63. The van der Waals surface area contributed by atoms with Crippen molar-refractivity contribution < 1.29 is 12.8 Å². The summed E-state index contributed by atoms with van der Waals surface area (Å²) in [6.45, 7) is 3.47. The molecular formula is C12H16FN3O2S. The summed E-state index contributed by atoms with van der Waals surface area (Å²) in [6, 6.07) is 2.94. The topological polar surface area (TPSA) is 78.0 Å². The van der Waals surface area contributed by atoms with Crippen LogP contribution in [0.25, 0.3) is 11.0 Å². The summed E-state index contributed by atoms with van der Waals surface area (Å²) in [5, 5.41) is 0. The number of sulfone groups is 1. The maximum atomic E-state index is 13.4. The molecule has 0 spiro atoms. The fraction of sp³-hybridized carbons (Fsp3) is 0.417. The van der Waals surface area contributed by atoms with E-state index in [1.807, 2.05) is 0 Å². The van der Waals surface area contributed by atoms with E-state index in [2.05, 4.69) is 4.98 Å². The molecule has 0 radical (unpaired) electrons. The molecule has 2 N–H and O–H groups in total. The van der Waals surface area contributed by atoms with Gasteiger partial charge in [-0.2, -0.15) is 0 Å². The zero-order valence-electron chi connectivity index (χ0n) is 10.9. The molecule has 1 aromatic carbocycles. The van der Waals surface area contributed by atoms with Crippen LogP contribution in [0.4, 0.5) is 10.3 Å². The predicted molar refractivity (Wildman–Crippen MR) is 73.2 cm³/mol. The molecule has 0 saturated heterocycles. The lowest BCUT2D eigenvalue weighted by molar-refractivity contribution is 0.591. The van der Waals surface area contributed by atoms with Crippen molar-refractivity contribution in [2.75, 3.05) is 17.2 Å². The summed E-state index contributed by atoms with van der Waals surface area (Å²) in [4.78, 5) is 4.05. The van der Waals surface area contributed by atoms with Crippen LogP contribution in [0.2, 0.25) is 0 Å². The van der Waals surface area contributed by atoms with E-state index in [-0.39, 0.29) is 29.8 Å². The Morgan fingerprint density at radius 1 is 1.42 bits per heavy atom. The van der Waals surface area contributed by atoms with Crippen LogP contribution in [0.15, 0.2) is 12.1 Å². The van der Waals surface area contributed by atoms with Gasteiger partial charge >= 0.3 is 0 Å². The van der Waals surface area contributed by atoms with Crippen molar-refractivity contribution >= 4 is 26.8 Å². The van der Waals surface area contributed by atoms with Crippen LogP contribution in [0, 0.1) is 12.7 Å². The molecule has 0 aliphatic rings. The van der Waals surface area contributed by atoms with Gasteiger partial charge < -0.3 is 10.3 Å². The SMILES string of the molecule is CCS(=O)(=O)CCn1c(N)nc2cc(F)c(C)cc21. The number of nitrogens with zero attached hydrogens (tertiary/aromatic N) is 2. The number of benzene rings is 1. The van der Waals surface area contributed by atoms with Crippen LogP contribution in [-0.2, 0) is 16.4 Å². The highest BCUT2D eigenvalue weighted by molar-refractivity contribution is 7.91. The van der Waals surface area contributed by atoms with Crippen molar-refractivity contribution in [1.82, 2.24) is 9.55 Å². The van der Waals surface area contributed by atoms with E-state index in [4.69, 9.17) is 5.73 Å². The minimum atomic E-state index is -3.08. The molecule has 0 aliphatic carbocycles. The number of hydrogen-bond acceptors (Lipinski definition) is 4. The summed E-state index contributed by atoms with van der Waals surface area (Å²) >= 11 is 0. The molecule has 0 saturated carbocycles. The van der Waals surface area contributed by atoms with E-state index < -0.39 is 9.84 Å². The second-order valence-corrected chi connectivity index (χ2v) is 6.92. The van der Waals surface area contributed by atoms with Crippen LogP contribution < -0.4 is 5.73 Å². The first-order valence-electron chi connectivity index (χ1n) is 5.96. The van der Waals surface area contributed by atoms with Gasteiger partial charge in [-0.3, -0.25) is 0 Å². The van der Waals surface area contributed by atoms with Crippen LogP contribution in [0.1, 0.15) is 12.5 Å². The zero-order chi connectivity index (χ0) is 14.2. The lowest BCUT2D eigenvalue weighted by Crippen LogP contribution is -2.15. The minimum Gasteiger partial charge on any atom is -0.369 e. The van der Waals surface area contributed by atoms with Gasteiger partial charge in [0.2, 0.25) is 5.95 Å². The summed E-state index contributed by atoms with van der Waals surface area (Å²) in [7, 11) is -3.08. The molecule has 0 unspecified atom stereocenters. The highest BCUT2D eigenvalue weighted by Crippen LogP contribution is 2.21. The van der Waals surface area contributed by atoms with Crippen molar-refractivity contribution in [3.8, 4) is 0 Å². The molecule has 0 bridgehead atoms. The first-order valence-corrected chi connectivity index (χ1v) is 7.78. The van der Waals surface area contributed by atoms with Crippen LogP contribution in [-0.4, -0.2) is 29.5 Å². The predicted octanol–water partition coefficient (Wildman–Crippen LogP) is 1.50. The Morgan fingerprint density at radius 3 is 2.74 bits per heavy atom. The molecule has 2 aromatic rings. The van der Waals surface area contributed by atoms with Gasteiger partial charge in [-0.25, -0.2) is 17.8 Å². The summed E-state index contributed by atoms with van der Waals surface area (Å²) < 4.78 is 38.1. The molecule has 104 valence electrons. The van der Waals surface area contributed by atoms with E-state index in [0.717, 1.165) is 0 Å². The number of hydrogen-bond donors (Lipinski definition) is 1. The Kier molecular flexibility index (Phi) is 3.49. The third-order valence-electron chi connectivity index (χ3n) is 3.12. The van der Waals surface area contributed by atoms with Crippen molar-refractivity contribution in [1.29, 1.82) is 0 Å². The molecule has 7 heteroatoms. The average molecular weight is 285 g/mol. The molecule has 1 heterocycles. The van der Waals surface area contributed by atoms with Crippen molar-refractivity contribution in [2.24, 2.45) is 0 Å². The number of rotatable bonds is 4. The second-order valence-electron chi connectivity index (χ2n) is 4.45. The van der Waals surface area contributed by atoms with Crippen molar-refractivity contribution in [3.63, 3.8) is 0 Å². The third kappa shape index (κ3) is 2.70. The zero-order valence-corrected chi connectivity index (χ0v) is 11.7. The maximum Gasteiger partial charge on any atom is 0.201 e. The molecule has 19 heavy (non-hydrogen) atoms. The van der Waals surface area contributed by atoms with Crippen molar-refractivity contribution in [3.05, 3.63) is 23.5 Å². The first kappa shape index (κ1) is 13.8. The van der Waals surface area contributed by atoms with Gasteiger partial charge in [0.15, 0.2) is 9.84 Å². The first-order chi connectivity index (χ1) is 8.84. The Labute approximate surface area is 111 Å². The van der Waals surface area contributed by atoms with E-state index in [1.54, 1.807) is 24.5 Å². The molecule has 1 aromatic heterocycles. The number of imidazole rings is 1. The third-order valence-corrected chi connectivity index (χ3v) is 4.81.